The highest BCUT2D eigenvalue weighted by atomic mass is 32.2. The monoisotopic (exact) mass is 1050 g/mol. The molecule has 72 heavy (non-hydrogen) atoms. The number of aromatic amines is 1. The normalized spacial score (nSPS) is 26.8. The second-order valence-electron chi connectivity index (χ2n) is 18.4. The van der Waals surface area contributed by atoms with Crippen molar-refractivity contribution in [2.45, 2.75) is 119 Å². The van der Waals surface area contributed by atoms with E-state index in [1.165, 1.54) is 14.0 Å². The highest BCUT2D eigenvalue weighted by Gasteiger charge is 2.45. The number of Topliss-reactive ketones (excluding diaryl/α,β-unsaturated/α-hetero) is 1. The number of H-pyrrole nitrogens is 1. The zero-order valence-corrected chi connectivity index (χ0v) is 42.4. The van der Waals surface area contributed by atoms with Gasteiger partial charge in [0.05, 0.1) is 67.5 Å². The summed E-state index contributed by atoms with van der Waals surface area (Å²) in [6, 6.07) is -5.33. The van der Waals surface area contributed by atoms with Crippen LogP contribution in [0.25, 0.3) is 10.9 Å². The van der Waals surface area contributed by atoms with Crippen molar-refractivity contribution in [3.63, 3.8) is 0 Å². The fourth-order valence-electron chi connectivity index (χ4n) is 8.94. The van der Waals surface area contributed by atoms with E-state index in [4.69, 9.17) is 16.2 Å². The number of rotatable bonds is 14. The molecule has 11 atom stereocenters. The summed E-state index contributed by atoms with van der Waals surface area (Å²) in [6.07, 6.45) is -3.06. The molecule has 24 nitrogen and oxygen atoms in total. The number of hydrogen-bond donors (Lipinski definition) is 12. The first-order valence-electron chi connectivity index (χ1n) is 23.9. The maximum absolute atomic E-state index is 15.1. The number of hydrogen-bond acceptors (Lipinski definition) is 16. The molecule has 0 radical (unpaired) electrons. The second kappa shape index (κ2) is 26.3. The van der Waals surface area contributed by atoms with Crippen molar-refractivity contribution in [1.82, 2.24) is 41.8 Å². The highest BCUT2D eigenvalue weighted by Crippen LogP contribution is 2.36. The van der Waals surface area contributed by atoms with Crippen LogP contribution in [0.3, 0.4) is 0 Å². The molecule has 5 rings (SSSR count). The molecule has 14 N–H and O–H groups in total. The second-order valence-corrected chi connectivity index (χ2v) is 21.0. The molecule has 1 saturated heterocycles. The third-order valence-electron chi connectivity index (χ3n) is 13.3. The number of nitrogens with zero attached hydrogens (tertiary/aromatic N) is 1. The predicted octanol–water partition coefficient (Wildman–Crippen LogP) is -3.55. The van der Waals surface area contributed by atoms with Crippen LogP contribution in [-0.4, -0.2) is 176 Å². The number of carbonyl (C=O) groups is 9. The van der Waals surface area contributed by atoms with Crippen LogP contribution in [0.2, 0.25) is 0 Å². The van der Waals surface area contributed by atoms with Crippen molar-refractivity contribution < 1.29 is 67.4 Å². The summed E-state index contributed by atoms with van der Waals surface area (Å²) in [7, 11) is -0.910. The SMILES string of the molecule is CC[C@H](C)[C@@H]1CC(=O)CNC(=O)[C@@H]2Cc3c([nH]c4c(CSCCCCN)c(OC)ccc34)S(=O)C[C@H](NC(=O)CNC1=O)C(=O)N[C@@H](CC(N)=O)C(=O)N1C[C@H](O)CC1C(=O)NC([C@@H](C)[C@@H](O)CO)C(=O)N2. The van der Waals surface area contributed by atoms with Crippen molar-refractivity contribution >= 4 is 86.5 Å². The number of ether oxygens (including phenoxy) is 1. The molecule has 398 valence electrons. The Kier molecular flexibility index (Phi) is 20.9. The highest BCUT2D eigenvalue weighted by molar-refractivity contribution is 7.98. The summed E-state index contributed by atoms with van der Waals surface area (Å²) in [6.45, 7) is 2.61. The number of primary amides is 1. The molecular formula is C46H68N10O14S2. The van der Waals surface area contributed by atoms with Gasteiger partial charge in [-0.3, -0.25) is 47.4 Å². The summed E-state index contributed by atoms with van der Waals surface area (Å²) in [5.74, 6) is -10.5. The number of methoxy groups -OCH3 is 1. The lowest BCUT2D eigenvalue weighted by Gasteiger charge is -2.32. The van der Waals surface area contributed by atoms with Crippen molar-refractivity contribution in [3.8, 4) is 5.75 Å². The quantitative estimate of drug-likeness (QED) is 0.0815. The van der Waals surface area contributed by atoms with E-state index < -0.39 is 175 Å². The van der Waals surface area contributed by atoms with Gasteiger partial charge in [0.1, 0.15) is 41.0 Å². The minimum absolute atomic E-state index is 0.0812. The summed E-state index contributed by atoms with van der Waals surface area (Å²) in [4.78, 5) is 130. The van der Waals surface area contributed by atoms with Gasteiger partial charge in [0.15, 0.2) is 5.78 Å². The van der Waals surface area contributed by atoms with Crippen LogP contribution in [-0.2, 0) is 66.1 Å². The predicted molar refractivity (Wildman–Crippen MR) is 263 cm³/mol. The van der Waals surface area contributed by atoms with Crippen LogP contribution in [0.1, 0.15) is 70.4 Å². The van der Waals surface area contributed by atoms with E-state index in [9.17, 15) is 58.5 Å². The number of carbonyl (C=O) groups excluding carboxylic acids is 9. The molecule has 1 fully saturated rings. The van der Waals surface area contributed by atoms with E-state index in [2.05, 4.69) is 36.9 Å². The number of amides is 8. The Morgan fingerprint density at radius 3 is 2.32 bits per heavy atom. The number of aliphatic hydroxyl groups is 3. The molecule has 2 aromatic rings. The molecule has 3 unspecified atom stereocenters. The summed E-state index contributed by atoms with van der Waals surface area (Å²) >= 11 is 1.56. The van der Waals surface area contributed by atoms with Gasteiger partial charge < -0.3 is 73.3 Å². The van der Waals surface area contributed by atoms with Gasteiger partial charge in [-0.05, 0) is 48.8 Å². The number of ketones is 1. The number of nitrogens with two attached hydrogens (primary N) is 2. The van der Waals surface area contributed by atoms with Crippen molar-refractivity contribution in [3.05, 3.63) is 23.3 Å². The molecular weight excluding hydrogens is 981 g/mol. The lowest BCUT2D eigenvalue weighted by atomic mass is 9.86. The molecule has 3 aliphatic heterocycles. The molecule has 1 aromatic heterocycles. The number of fused-ring (bicyclic) bond motifs is 5. The number of benzene rings is 1. The fourth-order valence-corrected chi connectivity index (χ4v) is 11.4. The number of unbranched alkanes of at least 4 members (excludes halogenated alkanes) is 1. The summed E-state index contributed by atoms with van der Waals surface area (Å²) < 4.78 is 20.9. The summed E-state index contributed by atoms with van der Waals surface area (Å²) in [5, 5.41) is 47.1. The minimum atomic E-state index is -2.37. The van der Waals surface area contributed by atoms with E-state index in [1.54, 1.807) is 37.7 Å². The molecule has 8 amide bonds. The van der Waals surface area contributed by atoms with Crippen molar-refractivity contribution in [2.24, 2.45) is 29.2 Å². The Hall–Kier alpha value is -5.67. The molecule has 0 aliphatic carbocycles. The molecule has 4 heterocycles. The molecule has 2 bridgehead atoms. The third kappa shape index (κ3) is 14.3. The van der Waals surface area contributed by atoms with Gasteiger partial charge in [-0.2, -0.15) is 11.8 Å². The standard InChI is InChI=1S/C46H68N10O14S2/c1-5-22(2)27-12-24(58)16-49-41(64)30-14-28-26-8-9-35(70-4)29(20-71-11-7-6-10-47)39(26)55-45(28)72(69)21-32(51-37(62)17-50-40(27)63)42(65)53-31(15-36(48)61)46(68)56-18-25(59)13-33(56)43(66)54-38(44(67)52-30)23(3)34(60)19-57/h8-9,22-23,25,27,30-34,38,55,57,59-60H,5-7,10-21,47H2,1-4H3,(H2,48,61)(H,49,64)(H,50,63)(H,51,62)(H,52,67)(H,53,65)(H,54,66)/t22-,23-,25+,27-,30-,31-,32-,33?,34-,38?,72?/m0/s1. The molecule has 3 aliphatic rings. The smallest absolute Gasteiger partial charge is 0.246 e. The first kappa shape index (κ1) is 57.2. The van der Waals surface area contributed by atoms with Crippen LogP contribution in [0.5, 0.6) is 5.75 Å². The van der Waals surface area contributed by atoms with Gasteiger partial charge in [-0.25, -0.2) is 0 Å². The Morgan fingerprint density at radius 2 is 1.65 bits per heavy atom. The average molecular weight is 1050 g/mol. The maximum Gasteiger partial charge on any atom is 0.246 e. The Bertz CT molecular complexity index is 2390. The van der Waals surface area contributed by atoms with Gasteiger partial charge in [0, 0.05) is 54.3 Å². The molecule has 0 spiro atoms. The first-order valence-corrected chi connectivity index (χ1v) is 26.4. The van der Waals surface area contributed by atoms with E-state index in [0.717, 1.165) is 17.7 Å². The minimum Gasteiger partial charge on any atom is -0.496 e. The first-order chi connectivity index (χ1) is 34.2. The largest absolute Gasteiger partial charge is 0.496 e. The number of nitrogens with one attached hydrogen (secondary N) is 7. The summed E-state index contributed by atoms with van der Waals surface area (Å²) in [5.41, 5.74) is 12.5. The number of aromatic nitrogens is 1. The van der Waals surface area contributed by atoms with Crippen LogP contribution in [0, 0.1) is 17.8 Å². The van der Waals surface area contributed by atoms with Crippen LogP contribution >= 0.6 is 11.8 Å². The lowest BCUT2D eigenvalue weighted by molar-refractivity contribution is -0.144. The molecule has 0 saturated carbocycles. The third-order valence-corrected chi connectivity index (χ3v) is 15.8. The lowest BCUT2D eigenvalue weighted by Crippen LogP contribution is -2.62. The van der Waals surface area contributed by atoms with E-state index in [0.29, 0.717) is 46.7 Å². The zero-order chi connectivity index (χ0) is 53.0. The van der Waals surface area contributed by atoms with Crippen LogP contribution in [0.4, 0.5) is 0 Å². The van der Waals surface area contributed by atoms with E-state index in [1.807, 2.05) is 0 Å². The molecule has 26 heteroatoms. The zero-order valence-electron chi connectivity index (χ0n) is 40.8. The molecule has 1 aromatic carbocycles. The Morgan fingerprint density at radius 1 is 0.931 bits per heavy atom. The van der Waals surface area contributed by atoms with Gasteiger partial charge in [0.2, 0.25) is 47.3 Å². The van der Waals surface area contributed by atoms with E-state index >= 15 is 4.21 Å². The van der Waals surface area contributed by atoms with Crippen LogP contribution in [0.15, 0.2) is 17.2 Å². The number of thioether (sulfide) groups is 1. The number of aliphatic hydroxyl groups excluding tert-OH is 3. The fraction of sp³-hybridized carbons (Fsp3) is 0.630. The van der Waals surface area contributed by atoms with E-state index in [-0.39, 0.29) is 17.0 Å². The van der Waals surface area contributed by atoms with Crippen molar-refractivity contribution in [2.75, 3.05) is 51.4 Å². The topological polar surface area (TPSA) is 384 Å². The Balaban J connectivity index is 1.79. The maximum atomic E-state index is 15.1. The van der Waals surface area contributed by atoms with Gasteiger partial charge in [0.25, 0.3) is 0 Å². The van der Waals surface area contributed by atoms with Gasteiger partial charge >= 0.3 is 0 Å². The van der Waals surface area contributed by atoms with Gasteiger partial charge in [-0.1, -0.05) is 27.2 Å². The van der Waals surface area contributed by atoms with Crippen LogP contribution < -0.4 is 48.1 Å². The van der Waals surface area contributed by atoms with Gasteiger partial charge in [-0.15, -0.1) is 0 Å². The van der Waals surface area contributed by atoms with Crippen molar-refractivity contribution in [1.29, 1.82) is 0 Å². The average Bonchev–Trinajstić information content (AvgIpc) is 3.93. The Labute approximate surface area is 422 Å².